The van der Waals surface area contributed by atoms with Crippen molar-refractivity contribution in [2.24, 2.45) is 23.2 Å². The molecule has 2 aliphatic carbocycles. The number of para-hydroxylation sites is 1. The molecule has 0 amide bonds. The van der Waals surface area contributed by atoms with E-state index in [9.17, 15) is 14.7 Å². The van der Waals surface area contributed by atoms with Gasteiger partial charge in [-0.1, -0.05) is 29.8 Å². The third-order valence-electron chi connectivity index (χ3n) is 15.0. The fraction of sp³-hybridized carbons (Fsp3) is 0.545. The number of rotatable bonds is 5. The van der Waals surface area contributed by atoms with Gasteiger partial charge in [-0.3, -0.25) is 19.4 Å². The fourth-order valence-corrected chi connectivity index (χ4v) is 12.8. The van der Waals surface area contributed by atoms with Crippen LogP contribution in [0.1, 0.15) is 67.1 Å². The van der Waals surface area contributed by atoms with Crippen LogP contribution in [0.25, 0.3) is 21.8 Å². The second-order valence-corrected chi connectivity index (χ2v) is 17.2. The summed E-state index contributed by atoms with van der Waals surface area (Å²) in [5.41, 5.74) is 6.90. The number of piperidine rings is 3. The number of aromatic nitrogens is 2. The van der Waals surface area contributed by atoms with Crippen molar-refractivity contribution in [1.82, 2.24) is 19.8 Å². The van der Waals surface area contributed by atoms with Gasteiger partial charge >= 0.3 is 11.9 Å². The molecule has 2 aromatic carbocycles. The molecule has 11 nitrogen and oxygen atoms in total. The lowest BCUT2D eigenvalue weighted by Crippen LogP contribution is -2.68. The van der Waals surface area contributed by atoms with Crippen LogP contribution in [0, 0.1) is 23.2 Å². The predicted octanol–water partition coefficient (Wildman–Crippen LogP) is 5.19. The second kappa shape index (κ2) is 12.7. The molecule has 3 N–H and O–H groups in total. The molecule has 8 bridgehead atoms. The number of carbonyl (C=O) groups is 2. The van der Waals surface area contributed by atoms with Crippen LogP contribution >= 0.6 is 0 Å². The number of aromatic amines is 2. The van der Waals surface area contributed by atoms with E-state index < -0.39 is 16.9 Å². The van der Waals surface area contributed by atoms with Crippen LogP contribution in [-0.2, 0) is 42.1 Å². The van der Waals surface area contributed by atoms with E-state index in [1.165, 1.54) is 25.4 Å². The highest BCUT2D eigenvalue weighted by Crippen LogP contribution is 2.58. The molecule has 11 atom stereocenters. The molecule has 4 aromatic rings. The van der Waals surface area contributed by atoms with Gasteiger partial charge in [0.2, 0.25) is 0 Å². The number of nitrogens with zero attached hydrogens (tertiary/aromatic N) is 2. The van der Waals surface area contributed by atoms with Crippen molar-refractivity contribution < 1.29 is 33.6 Å². The second-order valence-electron chi connectivity index (χ2n) is 17.2. The average Bonchev–Trinajstić information content (AvgIpc) is 3.72. The zero-order valence-corrected chi connectivity index (χ0v) is 32.4. The lowest BCUT2D eigenvalue weighted by atomic mass is 9.56. The predicted molar refractivity (Wildman–Crippen MR) is 207 cm³/mol. The molecular formula is C44H52N4O7. The van der Waals surface area contributed by atoms with Gasteiger partial charge in [-0.05, 0) is 75.1 Å². The molecule has 11 unspecified atom stereocenters. The molecule has 1 saturated carbocycles. The monoisotopic (exact) mass is 748 g/mol. The summed E-state index contributed by atoms with van der Waals surface area (Å²) in [6.07, 6.45) is 5.35. The number of hydrogen-bond donors (Lipinski definition) is 3. The number of hydrogen-bond acceptors (Lipinski definition) is 9. The van der Waals surface area contributed by atoms with Crippen molar-refractivity contribution >= 4 is 33.7 Å². The van der Waals surface area contributed by atoms with E-state index >= 15 is 0 Å². The minimum atomic E-state index is -0.919. The summed E-state index contributed by atoms with van der Waals surface area (Å²) in [6.45, 7) is 7.19. The number of ether oxygens (including phenoxy) is 4. The first-order valence-electron chi connectivity index (χ1n) is 20.1. The van der Waals surface area contributed by atoms with Crippen molar-refractivity contribution in [3.63, 3.8) is 0 Å². The molecular weight excluding hydrogens is 697 g/mol. The SMILES string of the molecule is CC=C1CN2COCC3(C(=O)OC)C1CC(c1cc4c5c([nH]c4cc1OC)C1(C(=O)OC)CC4CC(C(C)O)C1N(CC5)C4)c1[nH]c4ccccc4c1CC23. The van der Waals surface area contributed by atoms with Gasteiger partial charge in [0.05, 0.1) is 40.8 Å². The molecule has 4 saturated heterocycles. The molecule has 290 valence electrons. The van der Waals surface area contributed by atoms with Crippen LogP contribution in [0.5, 0.6) is 5.75 Å². The summed E-state index contributed by atoms with van der Waals surface area (Å²) >= 11 is 0. The van der Waals surface area contributed by atoms with Crippen molar-refractivity contribution in [1.29, 1.82) is 0 Å². The Morgan fingerprint density at radius 3 is 2.60 bits per heavy atom. The van der Waals surface area contributed by atoms with Crippen molar-refractivity contribution in [3.8, 4) is 5.75 Å². The highest BCUT2D eigenvalue weighted by molar-refractivity contribution is 5.93. The van der Waals surface area contributed by atoms with Gasteiger partial charge in [0.15, 0.2) is 0 Å². The summed E-state index contributed by atoms with van der Waals surface area (Å²) in [7, 11) is 4.73. The normalized spacial score (nSPS) is 36.0. The van der Waals surface area contributed by atoms with Crippen molar-refractivity contribution in [3.05, 3.63) is 76.1 Å². The van der Waals surface area contributed by atoms with Crippen LogP contribution in [0.2, 0.25) is 0 Å². The smallest absolute Gasteiger partial charge is 0.319 e. The molecule has 11 heteroatoms. The zero-order valence-electron chi connectivity index (χ0n) is 32.4. The van der Waals surface area contributed by atoms with Crippen molar-refractivity contribution in [2.45, 2.75) is 75.5 Å². The maximum atomic E-state index is 14.3. The molecule has 2 aromatic heterocycles. The van der Waals surface area contributed by atoms with Gasteiger partial charge in [-0.25, -0.2) is 0 Å². The lowest BCUT2D eigenvalue weighted by molar-refractivity contribution is -0.199. The summed E-state index contributed by atoms with van der Waals surface area (Å²) in [5.74, 6) is 0.248. The number of aliphatic hydroxyl groups is 1. The van der Waals surface area contributed by atoms with Gasteiger partial charge in [0, 0.05) is 94.3 Å². The fourth-order valence-electron chi connectivity index (χ4n) is 12.8. The Bertz CT molecular complexity index is 2260. The number of benzene rings is 2. The summed E-state index contributed by atoms with van der Waals surface area (Å²) < 4.78 is 24.0. The first-order valence-corrected chi connectivity index (χ1v) is 20.1. The van der Waals surface area contributed by atoms with Gasteiger partial charge in [-0.15, -0.1) is 0 Å². The molecule has 7 heterocycles. The highest BCUT2D eigenvalue weighted by atomic mass is 16.5. The first kappa shape index (κ1) is 35.3. The topological polar surface area (TPSA) is 129 Å². The number of esters is 2. The Balaban J connectivity index is 1.21. The Hall–Kier alpha value is -4.16. The molecule has 0 radical (unpaired) electrons. The third-order valence-corrected chi connectivity index (χ3v) is 15.0. The van der Waals surface area contributed by atoms with E-state index in [-0.39, 0.29) is 47.7 Å². The largest absolute Gasteiger partial charge is 0.496 e. The molecule has 0 spiro atoms. The van der Waals surface area contributed by atoms with Gasteiger partial charge in [0.1, 0.15) is 16.6 Å². The number of H-pyrrole nitrogens is 2. The maximum Gasteiger partial charge on any atom is 0.319 e. The standard InChI is InChI=1S/C44H52N4O7/c1-6-25-20-48-22-55-21-44(42(51)54-5)33(25)15-31(38-32(16-37(44)48)26-9-7-8-10-34(26)45-38)30-14-29-27-11-12-47-19-24-13-28(23(2)49)40(47)43(18-24,41(50)53-4)39(27)46-35(29)17-36(30)52-3/h6-10,14,17,23-24,28,31,33,37,40,45-46,49H,11-13,15-16,18-22H2,1-5H3. The van der Waals surface area contributed by atoms with Gasteiger partial charge in [0.25, 0.3) is 0 Å². The average molecular weight is 749 g/mol. The lowest BCUT2D eigenvalue weighted by Gasteiger charge is -2.58. The molecule has 5 aliphatic heterocycles. The van der Waals surface area contributed by atoms with E-state index in [1.54, 1.807) is 7.11 Å². The Morgan fingerprint density at radius 1 is 1.02 bits per heavy atom. The Morgan fingerprint density at radius 2 is 1.84 bits per heavy atom. The first-order chi connectivity index (χ1) is 26.7. The number of fused-ring (bicyclic) bond motifs is 7. The van der Waals surface area contributed by atoms with Crippen LogP contribution in [0.4, 0.5) is 0 Å². The number of aliphatic hydroxyl groups excluding tert-OH is 1. The van der Waals surface area contributed by atoms with Gasteiger partial charge < -0.3 is 34.0 Å². The number of allylic oxidation sites excluding steroid dienone is 1. The third kappa shape index (κ3) is 4.70. The van der Waals surface area contributed by atoms with E-state index in [4.69, 9.17) is 18.9 Å². The minimum Gasteiger partial charge on any atom is -0.496 e. The number of methoxy groups -OCH3 is 3. The van der Waals surface area contributed by atoms with E-state index in [2.05, 4.69) is 69.2 Å². The van der Waals surface area contributed by atoms with Crippen LogP contribution in [0.15, 0.2) is 48.0 Å². The Labute approximate surface area is 321 Å². The zero-order chi connectivity index (χ0) is 38.0. The quantitative estimate of drug-likeness (QED) is 0.187. The number of nitrogens with one attached hydrogen (secondary N) is 2. The number of carbonyl (C=O) groups excluding carboxylic acids is 2. The summed E-state index contributed by atoms with van der Waals surface area (Å²) in [6, 6.07) is 12.6. The molecule has 5 fully saturated rings. The van der Waals surface area contributed by atoms with Crippen LogP contribution < -0.4 is 4.74 Å². The summed E-state index contributed by atoms with van der Waals surface area (Å²) in [5, 5.41) is 13.3. The molecule has 55 heavy (non-hydrogen) atoms. The van der Waals surface area contributed by atoms with Crippen molar-refractivity contribution in [2.75, 3.05) is 54.3 Å². The highest BCUT2D eigenvalue weighted by Gasteiger charge is 2.64. The van der Waals surface area contributed by atoms with E-state index in [1.807, 2.05) is 6.92 Å². The van der Waals surface area contributed by atoms with Crippen LogP contribution in [0.3, 0.4) is 0 Å². The van der Waals surface area contributed by atoms with Gasteiger partial charge in [-0.2, -0.15) is 0 Å². The molecule has 11 rings (SSSR count). The van der Waals surface area contributed by atoms with E-state index in [0.717, 1.165) is 82.5 Å². The molecule has 7 aliphatic rings. The van der Waals surface area contributed by atoms with E-state index in [0.29, 0.717) is 32.6 Å². The van der Waals surface area contributed by atoms with Crippen LogP contribution in [-0.4, -0.2) is 109 Å². The minimum absolute atomic E-state index is 0.0358. The maximum absolute atomic E-state index is 14.3. The Kier molecular flexibility index (Phi) is 8.13. The summed E-state index contributed by atoms with van der Waals surface area (Å²) in [4.78, 5) is 41.1.